The van der Waals surface area contributed by atoms with Crippen LogP contribution in [0.5, 0.6) is 5.75 Å². The SMILES string of the molecule is COCCNC(=O)c1csc(-c2cccc(OCc3ccccc3F)c2)n1. The number of benzene rings is 2. The smallest absolute Gasteiger partial charge is 0.270 e. The highest BCUT2D eigenvalue weighted by molar-refractivity contribution is 7.13. The highest BCUT2D eigenvalue weighted by atomic mass is 32.1. The minimum atomic E-state index is -0.294. The number of ether oxygens (including phenoxy) is 2. The Hall–Kier alpha value is -2.77. The first-order valence-corrected chi connectivity index (χ1v) is 9.24. The molecule has 1 aromatic heterocycles. The molecule has 0 saturated heterocycles. The average molecular weight is 386 g/mol. The van der Waals surface area contributed by atoms with E-state index >= 15 is 0 Å². The van der Waals surface area contributed by atoms with E-state index in [-0.39, 0.29) is 18.3 Å². The van der Waals surface area contributed by atoms with Gasteiger partial charge >= 0.3 is 0 Å². The number of carbonyl (C=O) groups is 1. The van der Waals surface area contributed by atoms with Crippen LogP contribution < -0.4 is 10.1 Å². The lowest BCUT2D eigenvalue weighted by Crippen LogP contribution is -2.27. The molecule has 7 heteroatoms. The van der Waals surface area contributed by atoms with Gasteiger partial charge in [0, 0.05) is 30.2 Å². The molecule has 27 heavy (non-hydrogen) atoms. The van der Waals surface area contributed by atoms with E-state index in [1.807, 2.05) is 18.2 Å². The summed E-state index contributed by atoms with van der Waals surface area (Å²) in [6, 6.07) is 13.9. The number of amides is 1. The lowest BCUT2D eigenvalue weighted by atomic mass is 10.2. The molecule has 0 spiro atoms. The van der Waals surface area contributed by atoms with Gasteiger partial charge in [0.15, 0.2) is 0 Å². The maximum atomic E-state index is 13.7. The maximum Gasteiger partial charge on any atom is 0.270 e. The molecule has 3 rings (SSSR count). The normalized spacial score (nSPS) is 10.6. The third-order valence-electron chi connectivity index (χ3n) is 3.76. The van der Waals surface area contributed by atoms with Crippen LogP contribution in [-0.4, -0.2) is 31.2 Å². The second-order valence-corrected chi connectivity index (χ2v) is 6.55. The first-order valence-electron chi connectivity index (χ1n) is 8.36. The number of hydrogen-bond donors (Lipinski definition) is 1. The molecule has 0 fully saturated rings. The van der Waals surface area contributed by atoms with E-state index < -0.39 is 0 Å². The highest BCUT2D eigenvalue weighted by Gasteiger charge is 2.12. The summed E-state index contributed by atoms with van der Waals surface area (Å²) < 4.78 is 24.3. The van der Waals surface area contributed by atoms with Gasteiger partial charge in [-0.25, -0.2) is 9.37 Å². The molecule has 0 aliphatic rings. The Bertz CT molecular complexity index is 914. The van der Waals surface area contributed by atoms with Crippen LogP contribution in [0, 0.1) is 5.82 Å². The molecule has 0 aliphatic carbocycles. The monoisotopic (exact) mass is 386 g/mol. The lowest BCUT2D eigenvalue weighted by molar-refractivity contribution is 0.0933. The van der Waals surface area contributed by atoms with Crippen LogP contribution in [0.4, 0.5) is 4.39 Å². The molecule has 0 aliphatic heterocycles. The number of carbonyl (C=O) groups excluding carboxylic acids is 1. The molecule has 0 atom stereocenters. The summed E-state index contributed by atoms with van der Waals surface area (Å²) in [6.45, 7) is 1.02. The molecule has 1 heterocycles. The van der Waals surface area contributed by atoms with Crippen molar-refractivity contribution in [3.8, 4) is 16.3 Å². The van der Waals surface area contributed by atoms with Crippen molar-refractivity contribution >= 4 is 17.2 Å². The molecule has 0 unspecified atom stereocenters. The van der Waals surface area contributed by atoms with Gasteiger partial charge in [0.2, 0.25) is 0 Å². The summed E-state index contributed by atoms with van der Waals surface area (Å²) in [7, 11) is 1.58. The van der Waals surface area contributed by atoms with Gasteiger partial charge in [-0.15, -0.1) is 11.3 Å². The molecule has 0 radical (unpaired) electrons. The number of rotatable bonds is 8. The minimum absolute atomic E-state index is 0.140. The van der Waals surface area contributed by atoms with Crippen LogP contribution in [0.25, 0.3) is 10.6 Å². The van der Waals surface area contributed by atoms with E-state index in [1.54, 1.807) is 36.8 Å². The first kappa shape index (κ1) is 19.0. The number of halogens is 1. The number of nitrogens with zero attached hydrogens (tertiary/aromatic N) is 1. The van der Waals surface area contributed by atoms with Crippen LogP contribution in [0.3, 0.4) is 0 Å². The van der Waals surface area contributed by atoms with E-state index in [2.05, 4.69) is 10.3 Å². The fourth-order valence-electron chi connectivity index (χ4n) is 2.36. The molecular formula is C20H19FN2O3S. The fraction of sp³-hybridized carbons (Fsp3) is 0.200. The number of thiazole rings is 1. The summed E-state index contributed by atoms with van der Waals surface area (Å²) in [5.74, 6) is 0.0799. The molecule has 0 saturated carbocycles. The molecule has 140 valence electrons. The maximum absolute atomic E-state index is 13.7. The van der Waals surface area contributed by atoms with E-state index in [4.69, 9.17) is 9.47 Å². The summed E-state index contributed by atoms with van der Waals surface area (Å²) in [6.07, 6.45) is 0. The van der Waals surface area contributed by atoms with Crippen LogP contribution in [0.2, 0.25) is 0 Å². The van der Waals surface area contributed by atoms with E-state index in [1.165, 1.54) is 17.4 Å². The van der Waals surface area contributed by atoms with Crippen molar-refractivity contribution in [2.75, 3.05) is 20.3 Å². The molecule has 1 amide bonds. The average Bonchev–Trinajstić information content (AvgIpc) is 3.18. The Kier molecular flexibility index (Phi) is 6.51. The van der Waals surface area contributed by atoms with Gasteiger partial charge in [0.25, 0.3) is 5.91 Å². The van der Waals surface area contributed by atoms with Gasteiger partial charge in [-0.1, -0.05) is 30.3 Å². The van der Waals surface area contributed by atoms with Gasteiger partial charge < -0.3 is 14.8 Å². The summed E-state index contributed by atoms with van der Waals surface area (Å²) in [5.41, 5.74) is 1.69. The Labute approximate surface area is 160 Å². The number of nitrogens with one attached hydrogen (secondary N) is 1. The predicted molar refractivity (Wildman–Crippen MR) is 102 cm³/mol. The van der Waals surface area contributed by atoms with Crippen molar-refractivity contribution < 1.29 is 18.7 Å². The standard InChI is InChI=1S/C20H19FN2O3S/c1-25-10-9-22-19(24)18-13-27-20(23-18)14-6-4-7-16(11-14)26-12-15-5-2-3-8-17(15)21/h2-8,11,13H,9-10,12H2,1H3,(H,22,24). The molecule has 3 aromatic rings. The molecule has 2 aromatic carbocycles. The topological polar surface area (TPSA) is 60.5 Å². The Morgan fingerprint density at radius 1 is 1.22 bits per heavy atom. The molecule has 1 N–H and O–H groups in total. The second-order valence-electron chi connectivity index (χ2n) is 5.69. The van der Waals surface area contributed by atoms with Crippen LogP contribution in [-0.2, 0) is 11.3 Å². The van der Waals surface area contributed by atoms with Crippen molar-refractivity contribution in [3.05, 3.63) is 71.0 Å². The molecule has 5 nitrogen and oxygen atoms in total. The van der Waals surface area contributed by atoms with Crippen LogP contribution in [0.15, 0.2) is 53.9 Å². The zero-order chi connectivity index (χ0) is 19.1. The second kappa shape index (κ2) is 9.25. The van der Waals surface area contributed by atoms with Gasteiger partial charge in [-0.3, -0.25) is 4.79 Å². The number of aromatic nitrogens is 1. The van der Waals surface area contributed by atoms with Gasteiger partial charge in [-0.05, 0) is 18.2 Å². The third kappa shape index (κ3) is 5.12. The highest BCUT2D eigenvalue weighted by Crippen LogP contribution is 2.27. The fourth-order valence-corrected chi connectivity index (χ4v) is 3.16. The largest absolute Gasteiger partial charge is 0.489 e. The minimum Gasteiger partial charge on any atom is -0.489 e. The quantitative estimate of drug-likeness (QED) is 0.597. The summed E-state index contributed by atoms with van der Waals surface area (Å²) in [5, 5.41) is 5.16. The van der Waals surface area contributed by atoms with Gasteiger partial charge in [0.1, 0.15) is 28.9 Å². The van der Waals surface area contributed by atoms with Crippen molar-refractivity contribution in [1.29, 1.82) is 0 Å². The Morgan fingerprint density at radius 2 is 2.07 bits per heavy atom. The Balaban J connectivity index is 1.67. The number of hydrogen-bond acceptors (Lipinski definition) is 5. The predicted octanol–water partition coefficient (Wildman–Crippen LogP) is 3.90. The zero-order valence-electron chi connectivity index (χ0n) is 14.8. The van der Waals surface area contributed by atoms with Gasteiger partial charge in [-0.2, -0.15) is 0 Å². The first-order chi connectivity index (χ1) is 13.2. The van der Waals surface area contributed by atoms with Crippen LogP contribution >= 0.6 is 11.3 Å². The third-order valence-corrected chi connectivity index (χ3v) is 4.65. The zero-order valence-corrected chi connectivity index (χ0v) is 15.6. The summed E-state index contributed by atoms with van der Waals surface area (Å²) >= 11 is 1.38. The van der Waals surface area contributed by atoms with Crippen LogP contribution in [0.1, 0.15) is 16.1 Å². The lowest BCUT2D eigenvalue weighted by Gasteiger charge is -2.08. The molecule has 0 bridgehead atoms. The van der Waals surface area contributed by atoms with Crippen molar-refractivity contribution in [1.82, 2.24) is 10.3 Å². The van der Waals surface area contributed by atoms with Gasteiger partial charge in [0.05, 0.1) is 6.61 Å². The van der Waals surface area contributed by atoms with E-state index in [0.29, 0.717) is 35.2 Å². The number of methoxy groups -OCH3 is 1. The summed E-state index contributed by atoms with van der Waals surface area (Å²) in [4.78, 5) is 16.4. The van der Waals surface area contributed by atoms with Crippen molar-refractivity contribution in [2.24, 2.45) is 0 Å². The van der Waals surface area contributed by atoms with Crippen molar-refractivity contribution in [3.63, 3.8) is 0 Å². The van der Waals surface area contributed by atoms with E-state index in [9.17, 15) is 9.18 Å². The Morgan fingerprint density at radius 3 is 2.89 bits per heavy atom. The van der Waals surface area contributed by atoms with E-state index in [0.717, 1.165) is 5.56 Å². The van der Waals surface area contributed by atoms with Crippen molar-refractivity contribution in [2.45, 2.75) is 6.61 Å². The molecular weight excluding hydrogens is 367 g/mol.